The van der Waals surface area contributed by atoms with Crippen molar-refractivity contribution in [3.05, 3.63) is 122 Å². The van der Waals surface area contributed by atoms with E-state index in [1.54, 1.807) is 0 Å². The van der Waals surface area contributed by atoms with Crippen LogP contribution in [0.3, 0.4) is 0 Å². The van der Waals surface area contributed by atoms with E-state index in [0.29, 0.717) is 25.7 Å². The molecule has 0 aromatic heterocycles. The van der Waals surface area contributed by atoms with Crippen molar-refractivity contribution in [1.29, 1.82) is 0 Å². The van der Waals surface area contributed by atoms with Gasteiger partial charge in [-0.05, 0) is 141 Å². The zero-order valence-corrected chi connectivity index (χ0v) is 63.0. The Hall–Kier alpha value is -4.54. The second-order valence-corrected chi connectivity index (χ2v) is 27.7. The van der Waals surface area contributed by atoms with Crippen LogP contribution in [0.2, 0.25) is 0 Å². The van der Waals surface area contributed by atoms with Gasteiger partial charge in [-0.3, -0.25) is 37.3 Å². The van der Waals surface area contributed by atoms with Crippen molar-refractivity contribution in [3.8, 4) is 0 Å². The summed E-state index contributed by atoms with van der Waals surface area (Å²) < 4.78 is 68.3. The van der Waals surface area contributed by atoms with Gasteiger partial charge in [-0.15, -0.1) is 0 Å². The highest BCUT2D eigenvalue weighted by molar-refractivity contribution is 7.47. The average molecular weight is 1420 g/mol. The van der Waals surface area contributed by atoms with E-state index in [2.05, 4.69) is 149 Å². The molecule has 562 valence electrons. The molecule has 0 aromatic carbocycles. The number of esters is 4. The van der Waals surface area contributed by atoms with Crippen LogP contribution < -0.4 is 0 Å². The minimum atomic E-state index is -4.99. The molecule has 0 aliphatic rings. The fourth-order valence-electron chi connectivity index (χ4n) is 9.63. The molecule has 0 spiro atoms. The van der Waals surface area contributed by atoms with Gasteiger partial charge in [-0.2, -0.15) is 0 Å². The smallest absolute Gasteiger partial charge is 0.462 e. The van der Waals surface area contributed by atoms with Crippen molar-refractivity contribution < 1.29 is 80.2 Å². The molecule has 17 nitrogen and oxygen atoms in total. The largest absolute Gasteiger partial charge is 0.472 e. The molecule has 0 bridgehead atoms. The number of carbonyl (C=O) groups excluding carboxylic acids is 4. The molecule has 0 amide bonds. The van der Waals surface area contributed by atoms with Gasteiger partial charge >= 0.3 is 39.5 Å². The summed E-state index contributed by atoms with van der Waals surface area (Å²) in [6.45, 7) is 4.50. The first-order chi connectivity index (χ1) is 47.7. The number of carbonyl (C=O) groups is 4. The van der Waals surface area contributed by atoms with Gasteiger partial charge in [0.05, 0.1) is 26.4 Å². The summed E-state index contributed by atoms with van der Waals surface area (Å²) >= 11 is 0. The fourth-order valence-corrected chi connectivity index (χ4v) is 11.2. The number of phosphoric ester groups is 2. The van der Waals surface area contributed by atoms with Gasteiger partial charge in [-0.25, -0.2) is 9.13 Å². The fraction of sp³-hybridized carbons (Fsp3) is 0.696. The van der Waals surface area contributed by atoms with E-state index in [-0.39, 0.29) is 25.7 Å². The number of allylic oxidation sites excluding steroid dienone is 20. The lowest BCUT2D eigenvalue weighted by Crippen LogP contribution is -2.30. The van der Waals surface area contributed by atoms with Crippen molar-refractivity contribution in [3.63, 3.8) is 0 Å². The van der Waals surface area contributed by atoms with Gasteiger partial charge in [0, 0.05) is 25.7 Å². The van der Waals surface area contributed by atoms with Gasteiger partial charge in [0.25, 0.3) is 0 Å². The summed E-state index contributed by atoms with van der Waals surface area (Å²) in [4.78, 5) is 72.7. The lowest BCUT2D eigenvalue weighted by molar-refractivity contribution is -0.161. The molecule has 0 saturated heterocycles. The molecule has 0 fully saturated rings. The lowest BCUT2D eigenvalue weighted by atomic mass is 10.1. The molecule has 0 aromatic rings. The van der Waals surface area contributed by atoms with E-state index in [9.17, 15) is 43.2 Å². The summed E-state index contributed by atoms with van der Waals surface area (Å²) in [5.74, 6) is -2.24. The first-order valence-corrected chi connectivity index (χ1v) is 40.8. The quantitative estimate of drug-likeness (QED) is 0.0169. The summed E-state index contributed by atoms with van der Waals surface area (Å²) in [6.07, 6.45) is 76.3. The topological polar surface area (TPSA) is 237 Å². The third-order valence-electron chi connectivity index (χ3n) is 15.4. The number of rotatable bonds is 70. The van der Waals surface area contributed by atoms with E-state index in [0.717, 1.165) is 193 Å². The second kappa shape index (κ2) is 70.9. The van der Waals surface area contributed by atoms with Crippen molar-refractivity contribution in [2.45, 2.75) is 316 Å². The first kappa shape index (κ1) is 93.5. The van der Waals surface area contributed by atoms with E-state index < -0.39 is 97.5 Å². The molecule has 5 unspecified atom stereocenters. The van der Waals surface area contributed by atoms with E-state index in [1.807, 2.05) is 0 Å². The van der Waals surface area contributed by atoms with Crippen molar-refractivity contribution in [2.24, 2.45) is 0 Å². The van der Waals surface area contributed by atoms with Crippen LogP contribution in [0, 0.1) is 0 Å². The predicted molar refractivity (Wildman–Crippen MR) is 399 cm³/mol. The molecule has 0 rings (SSSR count). The number of unbranched alkanes of at least 4 members (excludes halogenated alkanes) is 24. The van der Waals surface area contributed by atoms with Gasteiger partial charge in [0.15, 0.2) is 12.2 Å². The Morgan fingerprint density at radius 3 is 0.827 bits per heavy atom. The second-order valence-electron chi connectivity index (χ2n) is 24.8. The van der Waals surface area contributed by atoms with Crippen LogP contribution >= 0.6 is 15.6 Å². The Balaban J connectivity index is 5.36. The zero-order chi connectivity index (χ0) is 71.8. The maximum Gasteiger partial charge on any atom is 0.472 e. The van der Waals surface area contributed by atoms with Gasteiger partial charge in [0.1, 0.15) is 19.3 Å². The van der Waals surface area contributed by atoms with Crippen LogP contribution in [0.25, 0.3) is 0 Å². The minimum Gasteiger partial charge on any atom is -0.462 e. The number of hydrogen-bond donors (Lipinski definition) is 3. The Morgan fingerprint density at radius 2 is 0.531 bits per heavy atom. The van der Waals surface area contributed by atoms with E-state index in [1.165, 1.54) is 25.7 Å². The van der Waals surface area contributed by atoms with Gasteiger partial charge < -0.3 is 33.8 Å². The highest BCUT2D eigenvalue weighted by Crippen LogP contribution is 2.45. The third-order valence-corrected chi connectivity index (χ3v) is 17.3. The van der Waals surface area contributed by atoms with Crippen LogP contribution in [0.1, 0.15) is 297 Å². The molecular weight excluding hydrogens is 1280 g/mol. The van der Waals surface area contributed by atoms with Gasteiger partial charge in [-0.1, -0.05) is 252 Å². The summed E-state index contributed by atoms with van der Waals surface area (Å²) in [7, 11) is -9.96. The standard InChI is InChI=1S/C79H134O17P2/c1-5-9-13-17-21-25-29-31-33-35-36-38-39-41-45-48-52-56-60-64-77(82)90-70-75(96-79(84)66-62-58-54-50-46-42-40-37-34-32-30-26-22-18-14-10-6-2)72-94-98(87,88)92-68-73(80)67-91-97(85,86)93-71-74(95-78(83)65-61-57-53-49-44-28-24-20-16-12-8-4)69-89-76(81)63-59-55-51-47-43-27-23-19-15-11-7-3/h9-10,13-14,19-26,31-34,36,38,40,42,73-75,80H,5-8,11-12,15-18,27-30,35,37,39,41,43-72H2,1-4H3,(H,85,86)(H,87,88)/b13-9-,14-10-,23-19-,24-20-,25-21-,26-22-,33-31-,34-32-,38-36-,42-40-. The maximum absolute atomic E-state index is 13.1. The molecule has 98 heavy (non-hydrogen) atoms. The Morgan fingerprint density at radius 1 is 0.296 bits per heavy atom. The van der Waals surface area contributed by atoms with Crippen LogP contribution in [0.5, 0.6) is 0 Å². The molecule has 0 aliphatic carbocycles. The minimum absolute atomic E-state index is 0.0607. The number of aliphatic hydroxyl groups excluding tert-OH is 1. The van der Waals surface area contributed by atoms with Crippen LogP contribution in [-0.4, -0.2) is 96.7 Å². The number of aliphatic hydroxyl groups is 1. The number of hydrogen-bond acceptors (Lipinski definition) is 15. The van der Waals surface area contributed by atoms with Crippen LogP contribution in [-0.2, 0) is 65.4 Å². The lowest BCUT2D eigenvalue weighted by Gasteiger charge is -2.21. The maximum atomic E-state index is 13.1. The highest BCUT2D eigenvalue weighted by Gasteiger charge is 2.30. The molecule has 19 heteroatoms. The number of ether oxygens (including phenoxy) is 4. The molecule has 0 heterocycles. The predicted octanol–water partition coefficient (Wildman–Crippen LogP) is 21.6. The Labute approximate surface area is 593 Å². The van der Waals surface area contributed by atoms with Crippen molar-refractivity contribution in [2.75, 3.05) is 39.6 Å². The zero-order valence-electron chi connectivity index (χ0n) is 61.2. The monoisotopic (exact) mass is 1420 g/mol. The van der Waals surface area contributed by atoms with E-state index >= 15 is 0 Å². The Bertz CT molecular complexity index is 2340. The molecule has 0 radical (unpaired) electrons. The SMILES string of the molecule is CC/C=C\C/C=C\C/C=C\C/C=C\CCCCCCCCC(=O)OCC(COP(=O)(O)OCC(O)COP(=O)(O)OCC(COC(=O)CCCCCCC/C=C\CCCC)OC(=O)CCCCCCC/C=C\CCCC)OC(=O)CCCCCC/C=C\C/C=C\C/C=C\C/C=C\CC. The molecular formula is C79H134O17P2. The summed E-state index contributed by atoms with van der Waals surface area (Å²) in [5.41, 5.74) is 0. The third kappa shape index (κ3) is 69.9. The molecule has 3 N–H and O–H groups in total. The number of phosphoric acid groups is 2. The van der Waals surface area contributed by atoms with Crippen LogP contribution in [0.4, 0.5) is 0 Å². The highest BCUT2D eigenvalue weighted by atomic mass is 31.2. The molecule has 5 atom stereocenters. The summed E-state index contributed by atoms with van der Waals surface area (Å²) in [5, 5.41) is 10.6. The normalized spacial score (nSPS) is 14.6. The Kier molecular flexibility index (Phi) is 67.6. The molecule has 0 aliphatic heterocycles. The first-order valence-electron chi connectivity index (χ1n) is 37.8. The van der Waals surface area contributed by atoms with Crippen LogP contribution in [0.15, 0.2) is 122 Å². The van der Waals surface area contributed by atoms with Gasteiger partial charge in [0.2, 0.25) is 0 Å². The summed E-state index contributed by atoms with van der Waals surface area (Å²) in [6, 6.07) is 0. The molecule has 0 saturated carbocycles. The van der Waals surface area contributed by atoms with E-state index in [4.69, 9.17) is 37.0 Å². The van der Waals surface area contributed by atoms with Crippen molar-refractivity contribution >= 4 is 39.5 Å². The van der Waals surface area contributed by atoms with Crippen molar-refractivity contribution in [1.82, 2.24) is 0 Å². The average Bonchev–Trinajstić information content (AvgIpc) is 0.979.